The number of carbonyl (C=O) groups is 1. The fourth-order valence-electron chi connectivity index (χ4n) is 5.22. The predicted molar refractivity (Wildman–Crippen MR) is 147 cm³/mol. The molecular formula is C29H40F3N3OS. The Bertz CT molecular complexity index is 973. The molecule has 204 valence electrons. The highest BCUT2D eigenvalue weighted by atomic mass is 32.2. The van der Waals surface area contributed by atoms with Crippen LogP contribution in [0.4, 0.5) is 18.9 Å². The summed E-state index contributed by atoms with van der Waals surface area (Å²) >= 11 is -0.0828. The number of thioether (sulfide) groups is 1. The number of nitrogens with one attached hydrogen (secondary N) is 1. The number of alkyl halides is 3. The molecule has 0 bridgehead atoms. The minimum absolute atomic E-state index is 0. The van der Waals surface area contributed by atoms with Gasteiger partial charge in [0.05, 0.1) is 0 Å². The van der Waals surface area contributed by atoms with Gasteiger partial charge < -0.3 is 15.1 Å². The van der Waals surface area contributed by atoms with Crippen LogP contribution in [-0.2, 0) is 11.2 Å². The second kappa shape index (κ2) is 13.6. The van der Waals surface area contributed by atoms with Gasteiger partial charge in [-0.1, -0.05) is 37.3 Å². The summed E-state index contributed by atoms with van der Waals surface area (Å²) in [6, 6.07) is 15.6. The molecule has 2 aromatic carbocycles. The van der Waals surface area contributed by atoms with Crippen molar-refractivity contribution in [1.82, 2.24) is 9.80 Å². The number of benzene rings is 2. The van der Waals surface area contributed by atoms with Crippen LogP contribution < -0.4 is 5.32 Å². The second-order valence-electron chi connectivity index (χ2n) is 10.1. The van der Waals surface area contributed by atoms with E-state index in [1.54, 1.807) is 24.3 Å². The standard InChI is InChI=1S/C28H36F3N3OS.CH4/c1-21-4-8-24(9-5-21)32-25-12-16-33(17-13-25)18-14-27(35)34-15-2-3-23(20-34)19-22-6-10-26(11-7-22)36-28(29,30)31;/h4-11,23,25,32H,2-3,12-20H2,1H3;1H4/t23-;/m1./s1. The van der Waals surface area contributed by atoms with Gasteiger partial charge in [0.2, 0.25) is 5.91 Å². The number of likely N-dealkylation sites (tertiary alicyclic amines) is 2. The Kier molecular flexibility index (Phi) is 10.8. The van der Waals surface area contributed by atoms with Crippen molar-refractivity contribution < 1.29 is 18.0 Å². The molecule has 0 saturated carbocycles. The molecule has 1 N–H and O–H groups in total. The van der Waals surface area contributed by atoms with Gasteiger partial charge in [0.1, 0.15) is 0 Å². The molecule has 1 amide bonds. The lowest BCUT2D eigenvalue weighted by Gasteiger charge is -2.35. The Balaban J connectivity index is 0.00000380. The fourth-order valence-corrected chi connectivity index (χ4v) is 5.76. The van der Waals surface area contributed by atoms with Gasteiger partial charge in [-0.2, -0.15) is 13.2 Å². The van der Waals surface area contributed by atoms with E-state index in [4.69, 9.17) is 0 Å². The lowest BCUT2D eigenvalue weighted by Crippen LogP contribution is -2.43. The van der Waals surface area contributed by atoms with Gasteiger partial charge in [0.15, 0.2) is 0 Å². The number of rotatable bonds is 8. The van der Waals surface area contributed by atoms with Crippen LogP contribution in [0.3, 0.4) is 0 Å². The van der Waals surface area contributed by atoms with Crippen LogP contribution in [0.5, 0.6) is 0 Å². The summed E-state index contributed by atoms with van der Waals surface area (Å²) in [7, 11) is 0. The van der Waals surface area contributed by atoms with E-state index in [1.807, 2.05) is 4.90 Å². The van der Waals surface area contributed by atoms with Crippen molar-refractivity contribution in [3.8, 4) is 0 Å². The molecule has 0 aromatic heterocycles. The Morgan fingerprint density at radius 3 is 2.32 bits per heavy atom. The molecule has 0 aliphatic carbocycles. The minimum atomic E-state index is -4.26. The van der Waals surface area contributed by atoms with Gasteiger partial charge in [-0.25, -0.2) is 0 Å². The SMILES string of the molecule is C.Cc1ccc(NC2CCN(CCC(=O)N3CCC[C@H](Cc4ccc(SC(F)(F)F)cc4)C3)CC2)cc1. The summed E-state index contributed by atoms with van der Waals surface area (Å²) in [6.45, 7) is 6.44. The Hall–Kier alpha value is -2.19. The van der Waals surface area contributed by atoms with Gasteiger partial charge in [-0.3, -0.25) is 4.79 Å². The van der Waals surface area contributed by atoms with Crippen LogP contribution >= 0.6 is 11.8 Å². The third kappa shape index (κ3) is 9.56. The summed E-state index contributed by atoms with van der Waals surface area (Å²) in [5.41, 5.74) is -0.800. The highest BCUT2D eigenvalue weighted by Crippen LogP contribution is 2.37. The zero-order valence-corrected chi connectivity index (χ0v) is 21.7. The molecule has 2 fully saturated rings. The molecule has 0 radical (unpaired) electrons. The van der Waals surface area contributed by atoms with Crippen molar-refractivity contribution in [1.29, 1.82) is 0 Å². The van der Waals surface area contributed by atoms with Crippen molar-refractivity contribution in [3.63, 3.8) is 0 Å². The average Bonchev–Trinajstić information content (AvgIpc) is 2.85. The van der Waals surface area contributed by atoms with Crippen LogP contribution in [0.25, 0.3) is 0 Å². The molecule has 4 nitrogen and oxygen atoms in total. The van der Waals surface area contributed by atoms with Crippen LogP contribution in [-0.4, -0.2) is 60.0 Å². The lowest BCUT2D eigenvalue weighted by atomic mass is 9.91. The third-order valence-electron chi connectivity index (χ3n) is 7.20. The first-order valence-corrected chi connectivity index (χ1v) is 13.7. The first kappa shape index (κ1) is 29.4. The number of anilines is 1. The number of nitrogens with zero attached hydrogens (tertiary/aromatic N) is 2. The number of amides is 1. The normalized spacial score (nSPS) is 19.4. The summed E-state index contributed by atoms with van der Waals surface area (Å²) in [5, 5.41) is 3.63. The maximum Gasteiger partial charge on any atom is 0.446 e. The summed E-state index contributed by atoms with van der Waals surface area (Å²) < 4.78 is 37.6. The van der Waals surface area contributed by atoms with Crippen LogP contribution in [0, 0.1) is 12.8 Å². The van der Waals surface area contributed by atoms with E-state index < -0.39 is 5.51 Å². The molecule has 2 saturated heterocycles. The smallest absolute Gasteiger partial charge is 0.382 e. The predicted octanol–water partition coefficient (Wildman–Crippen LogP) is 6.99. The topological polar surface area (TPSA) is 35.6 Å². The lowest BCUT2D eigenvalue weighted by molar-refractivity contribution is -0.133. The maximum absolute atomic E-state index is 12.9. The molecule has 4 rings (SSSR count). The van der Waals surface area contributed by atoms with Gasteiger partial charge >= 0.3 is 5.51 Å². The van der Waals surface area contributed by atoms with E-state index in [2.05, 4.69) is 41.4 Å². The quantitative estimate of drug-likeness (QED) is 0.370. The molecule has 0 spiro atoms. The zero-order valence-electron chi connectivity index (χ0n) is 20.9. The Morgan fingerprint density at radius 2 is 1.68 bits per heavy atom. The van der Waals surface area contributed by atoms with Crippen LogP contribution in [0.15, 0.2) is 53.4 Å². The Labute approximate surface area is 224 Å². The van der Waals surface area contributed by atoms with Gasteiger partial charge in [0, 0.05) is 55.8 Å². The number of carbonyl (C=O) groups excluding carboxylic acids is 1. The van der Waals surface area contributed by atoms with Crippen molar-refractivity contribution in [2.24, 2.45) is 5.92 Å². The first-order chi connectivity index (χ1) is 17.2. The summed E-state index contributed by atoms with van der Waals surface area (Å²) in [6.07, 6.45) is 5.52. The molecule has 2 heterocycles. The molecular weight excluding hydrogens is 495 g/mol. The fraction of sp³-hybridized carbons (Fsp3) is 0.552. The maximum atomic E-state index is 12.9. The van der Waals surface area contributed by atoms with Crippen molar-refractivity contribution in [3.05, 3.63) is 59.7 Å². The monoisotopic (exact) mass is 535 g/mol. The second-order valence-corrected chi connectivity index (χ2v) is 11.3. The van der Waals surface area contributed by atoms with Crippen LogP contribution in [0.1, 0.15) is 50.7 Å². The van der Waals surface area contributed by atoms with E-state index in [9.17, 15) is 18.0 Å². The highest BCUT2D eigenvalue weighted by Gasteiger charge is 2.29. The number of piperidine rings is 2. The summed E-state index contributed by atoms with van der Waals surface area (Å²) in [4.78, 5) is 17.5. The number of hydrogen-bond donors (Lipinski definition) is 1. The zero-order chi connectivity index (χ0) is 25.5. The summed E-state index contributed by atoms with van der Waals surface area (Å²) in [5.74, 6) is 0.573. The molecule has 2 aromatic rings. The van der Waals surface area contributed by atoms with E-state index in [0.717, 1.165) is 70.4 Å². The molecule has 8 heteroatoms. The van der Waals surface area contributed by atoms with Gasteiger partial charge in [-0.15, -0.1) is 0 Å². The Morgan fingerprint density at radius 1 is 1.00 bits per heavy atom. The van der Waals surface area contributed by atoms with Crippen molar-refractivity contribution >= 4 is 23.4 Å². The number of aryl methyl sites for hydroxylation is 1. The highest BCUT2D eigenvalue weighted by molar-refractivity contribution is 8.00. The first-order valence-electron chi connectivity index (χ1n) is 12.9. The van der Waals surface area contributed by atoms with Crippen molar-refractivity contribution in [2.45, 2.75) is 69.3 Å². The van der Waals surface area contributed by atoms with E-state index in [-0.39, 0.29) is 30.0 Å². The third-order valence-corrected chi connectivity index (χ3v) is 7.94. The molecule has 2 aliphatic rings. The number of halogens is 3. The van der Waals surface area contributed by atoms with E-state index in [0.29, 0.717) is 18.4 Å². The molecule has 1 atom stereocenters. The van der Waals surface area contributed by atoms with Crippen molar-refractivity contribution in [2.75, 3.05) is 38.0 Å². The molecule has 0 unspecified atom stereocenters. The largest absolute Gasteiger partial charge is 0.446 e. The van der Waals surface area contributed by atoms with E-state index in [1.165, 1.54) is 11.3 Å². The molecule has 37 heavy (non-hydrogen) atoms. The van der Waals surface area contributed by atoms with Gasteiger partial charge in [-0.05, 0) is 86.5 Å². The molecule has 2 aliphatic heterocycles. The average molecular weight is 536 g/mol. The number of hydrogen-bond acceptors (Lipinski definition) is 4. The van der Waals surface area contributed by atoms with Gasteiger partial charge in [0.25, 0.3) is 0 Å². The van der Waals surface area contributed by atoms with Crippen LogP contribution in [0.2, 0.25) is 0 Å². The minimum Gasteiger partial charge on any atom is -0.382 e. The van der Waals surface area contributed by atoms with E-state index >= 15 is 0 Å².